The molecule has 0 aliphatic carbocycles. The van der Waals surface area contributed by atoms with Gasteiger partial charge in [-0.1, -0.05) is 12.1 Å². The minimum atomic E-state index is -0.715. The molecule has 29 heavy (non-hydrogen) atoms. The third-order valence-electron chi connectivity index (χ3n) is 4.39. The van der Waals surface area contributed by atoms with Crippen molar-refractivity contribution >= 4 is 39.9 Å². The van der Waals surface area contributed by atoms with E-state index in [1.807, 2.05) is 41.9 Å². The van der Waals surface area contributed by atoms with Gasteiger partial charge in [0.15, 0.2) is 0 Å². The van der Waals surface area contributed by atoms with Gasteiger partial charge in [-0.15, -0.1) is 34.0 Å². The van der Waals surface area contributed by atoms with Crippen LogP contribution >= 0.6 is 34.0 Å². The zero-order chi connectivity index (χ0) is 20.4. The quantitative estimate of drug-likeness (QED) is 0.482. The van der Waals surface area contributed by atoms with Crippen molar-refractivity contribution in [2.24, 2.45) is 0 Å². The molecule has 0 radical (unpaired) electrons. The molecule has 1 amide bonds. The van der Waals surface area contributed by atoms with E-state index < -0.39 is 6.04 Å². The number of carbonyl (C=O) groups excluding carboxylic acids is 1. The molecule has 0 fully saturated rings. The highest BCUT2D eigenvalue weighted by Gasteiger charge is 2.19. The second kappa shape index (κ2) is 8.40. The van der Waals surface area contributed by atoms with Gasteiger partial charge in [-0.05, 0) is 42.8 Å². The number of nitrogens with zero attached hydrogens (tertiary/aromatic N) is 3. The van der Waals surface area contributed by atoms with Crippen LogP contribution in [0, 0.1) is 6.92 Å². The van der Waals surface area contributed by atoms with Gasteiger partial charge in [0.05, 0.1) is 22.0 Å². The highest BCUT2D eigenvalue weighted by atomic mass is 32.1. The third-order valence-corrected chi connectivity index (χ3v) is 7.48. The zero-order valence-corrected chi connectivity index (χ0v) is 18.2. The number of carbonyl (C=O) groups is 1. The Morgan fingerprint density at radius 2 is 1.86 bits per heavy atom. The lowest BCUT2D eigenvalue weighted by Crippen LogP contribution is -2.36. The molecule has 4 heterocycles. The molecule has 0 aliphatic rings. The van der Waals surface area contributed by atoms with Crippen LogP contribution in [0.25, 0.3) is 20.5 Å². The Morgan fingerprint density at radius 3 is 2.55 bits per heavy atom. The first-order chi connectivity index (χ1) is 14.0. The van der Waals surface area contributed by atoms with Crippen molar-refractivity contribution in [2.75, 3.05) is 0 Å². The molecule has 1 unspecified atom stereocenters. The SMILES string of the molecule is Cc1nc(-c2cccs2)sc1CNC(=O)C(C)n1nc(-c2cccs2)ccc1=O. The molecule has 0 bridgehead atoms. The Balaban J connectivity index is 1.48. The van der Waals surface area contributed by atoms with Crippen molar-refractivity contribution in [1.82, 2.24) is 20.1 Å². The van der Waals surface area contributed by atoms with Crippen molar-refractivity contribution in [3.63, 3.8) is 0 Å². The van der Waals surface area contributed by atoms with E-state index in [1.165, 1.54) is 22.1 Å². The van der Waals surface area contributed by atoms with E-state index >= 15 is 0 Å². The number of thiophene rings is 2. The second-order valence-corrected chi connectivity index (χ2v) is 9.36. The van der Waals surface area contributed by atoms with Gasteiger partial charge >= 0.3 is 0 Å². The molecular weight excluding hydrogens is 424 g/mol. The minimum Gasteiger partial charge on any atom is -0.349 e. The normalized spacial score (nSPS) is 12.1. The summed E-state index contributed by atoms with van der Waals surface area (Å²) in [7, 11) is 0. The number of thiazole rings is 1. The van der Waals surface area contributed by atoms with Gasteiger partial charge in [0.2, 0.25) is 5.91 Å². The Labute approximate surface area is 179 Å². The first-order valence-corrected chi connectivity index (χ1v) is 11.5. The fraction of sp³-hybridized carbons (Fsp3) is 0.200. The fourth-order valence-corrected chi connectivity index (χ4v) is 5.27. The van der Waals surface area contributed by atoms with Crippen LogP contribution < -0.4 is 10.9 Å². The third kappa shape index (κ3) is 4.21. The van der Waals surface area contributed by atoms with E-state index in [1.54, 1.807) is 35.7 Å². The van der Waals surface area contributed by atoms with Crippen LogP contribution in [0.5, 0.6) is 0 Å². The molecule has 0 aliphatic heterocycles. The molecule has 148 valence electrons. The maximum atomic E-state index is 12.7. The minimum absolute atomic E-state index is 0.256. The summed E-state index contributed by atoms with van der Waals surface area (Å²) in [5.74, 6) is -0.256. The average molecular weight is 443 g/mol. The van der Waals surface area contributed by atoms with Crippen LogP contribution in [0.15, 0.2) is 52.0 Å². The van der Waals surface area contributed by atoms with Crippen LogP contribution in [0.2, 0.25) is 0 Å². The number of nitrogens with one attached hydrogen (secondary N) is 1. The van der Waals surface area contributed by atoms with E-state index in [0.717, 1.165) is 25.3 Å². The number of aromatic nitrogens is 3. The van der Waals surface area contributed by atoms with Crippen LogP contribution in [-0.4, -0.2) is 20.7 Å². The molecule has 0 saturated carbocycles. The zero-order valence-electron chi connectivity index (χ0n) is 15.8. The lowest BCUT2D eigenvalue weighted by atomic mass is 10.3. The van der Waals surface area contributed by atoms with Crippen molar-refractivity contribution in [2.45, 2.75) is 26.4 Å². The Bertz CT molecular complexity index is 1180. The highest BCUT2D eigenvalue weighted by molar-refractivity contribution is 7.21. The molecular formula is C20H18N4O2S3. The summed E-state index contributed by atoms with van der Waals surface area (Å²) in [6.45, 7) is 3.99. The first-order valence-electron chi connectivity index (χ1n) is 8.94. The smallest absolute Gasteiger partial charge is 0.267 e. The second-order valence-electron chi connectivity index (χ2n) is 6.38. The Hall–Kier alpha value is -2.62. The number of aryl methyl sites for hydroxylation is 1. The standard InChI is InChI=1S/C20H18N4O2S3/c1-12-17(29-20(22-12)16-6-4-10-28-16)11-21-19(26)13(2)24-18(25)8-7-14(23-24)15-5-3-9-27-15/h3-10,13H,11H2,1-2H3,(H,21,26). The molecule has 4 aromatic rings. The van der Waals surface area contributed by atoms with Gasteiger partial charge in [0, 0.05) is 10.9 Å². The van der Waals surface area contributed by atoms with Gasteiger partial charge < -0.3 is 5.32 Å². The maximum absolute atomic E-state index is 12.7. The van der Waals surface area contributed by atoms with E-state index in [-0.39, 0.29) is 11.5 Å². The predicted octanol–water partition coefficient (Wildman–Crippen LogP) is 4.34. The highest BCUT2D eigenvalue weighted by Crippen LogP contribution is 2.31. The summed E-state index contributed by atoms with van der Waals surface area (Å²) in [6, 6.07) is 10.3. The molecule has 6 nitrogen and oxygen atoms in total. The van der Waals surface area contributed by atoms with E-state index in [0.29, 0.717) is 12.2 Å². The van der Waals surface area contributed by atoms with E-state index in [4.69, 9.17) is 0 Å². The number of amides is 1. The van der Waals surface area contributed by atoms with Crippen molar-refractivity contribution in [3.8, 4) is 20.5 Å². The fourth-order valence-electron chi connectivity index (χ4n) is 2.78. The summed E-state index contributed by atoms with van der Waals surface area (Å²) >= 11 is 4.75. The van der Waals surface area contributed by atoms with Gasteiger partial charge in [-0.2, -0.15) is 5.10 Å². The number of hydrogen-bond acceptors (Lipinski definition) is 7. The number of rotatable bonds is 6. The van der Waals surface area contributed by atoms with Gasteiger partial charge in [0.1, 0.15) is 16.7 Å². The summed E-state index contributed by atoms with van der Waals surface area (Å²) in [6.07, 6.45) is 0. The lowest BCUT2D eigenvalue weighted by Gasteiger charge is -2.14. The molecule has 1 atom stereocenters. The maximum Gasteiger partial charge on any atom is 0.267 e. The van der Waals surface area contributed by atoms with Crippen LogP contribution in [0.1, 0.15) is 23.5 Å². The molecule has 0 aromatic carbocycles. The van der Waals surface area contributed by atoms with Crippen LogP contribution in [0.4, 0.5) is 0 Å². The van der Waals surface area contributed by atoms with Crippen LogP contribution in [-0.2, 0) is 11.3 Å². The van der Waals surface area contributed by atoms with Crippen molar-refractivity contribution in [1.29, 1.82) is 0 Å². The van der Waals surface area contributed by atoms with Gasteiger partial charge in [-0.25, -0.2) is 9.67 Å². The average Bonchev–Trinajstić information content (AvgIpc) is 3.47. The topological polar surface area (TPSA) is 76.9 Å². The molecule has 4 aromatic heterocycles. The molecule has 9 heteroatoms. The summed E-state index contributed by atoms with van der Waals surface area (Å²) < 4.78 is 1.24. The molecule has 1 N–H and O–H groups in total. The van der Waals surface area contributed by atoms with Crippen LogP contribution in [0.3, 0.4) is 0 Å². The Kier molecular flexibility index (Phi) is 5.70. The first kappa shape index (κ1) is 19.7. The van der Waals surface area contributed by atoms with E-state index in [9.17, 15) is 9.59 Å². The molecule has 0 spiro atoms. The lowest BCUT2D eigenvalue weighted by molar-refractivity contribution is -0.124. The van der Waals surface area contributed by atoms with Gasteiger partial charge in [-0.3, -0.25) is 9.59 Å². The predicted molar refractivity (Wildman–Crippen MR) is 119 cm³/mol. The van der Waals surface area contributed by atoms with Gasteiger partial charge in [0.25, 0.3) is 5.56 Å². The molecule has 0 saturated heterocycles. The van der Waals surface area contributed by atoms with E-state index in [2.05, 4.69) is 15.4 Å². The Morgan fingerprint density at radius 1 is 1.14 bits per heavy atom. The number of hydrogen-bond donors (Lipinski definition) is 1. The molecule has 4 rings (SSSR count). The summed E-state index contributed by atoms with van der Waals surface area (Å²) in [4.78, 5) is 32.6. The summed E-state index contributed by atoms with van der Waals surface area (Å²) in [5.41, 5.74) is 1.28. The largest absolute Gasteiger partial charge is 0.349 e. The van der Waals surface area contributed by atoms with Crippen molar-refractivity contribution < 1.29 is 4.79 Å². The van der Waals surface area contributed by atoms with Crippen molar-refractivity contribution in [3.05, 3.63) is 68.1 Å². The monoisotopic (exact) mass is 442 g/mol. The summed E-state index contributed by atoms with van der Waals surface area (Å²) in [5, 5.41) is 12.2.